The molecule has 0 spiro atoms. The average Bonchev–Trinajstić information content (AvgIpc) is 3.04. The fraction of sp³-hybridized carbons (Fsp3) is 0.286. The highest BCUT2D eigenvalue weighted by Gasteiger charge is 2.48. The first-order chi connectivity index (χ1) is 9.91. The topological polar surface area (TPSA) is 66.6 Å². The van der Waals surface area contributed by atoms with Crippen LogP contribution in [-0.4, -0.2) is 34.7 Å². The van der Waals surface area contributed by atoms with Crippen LogP contribution in [0.15, 0.2) is 33.3 Å². The van der Waals surface area contributed by atoms with E-state index in [9.17, 15) is 14.3 Å². The SMILES string of the molecule is CN1CC[C@@](O)(c2cc(-c3cc(Br)ccc3F)no2)C1=O. The zero-order valence-electron chi connectivity index (χ0n) is 11.1. The van der Waals surface area contributed by atoms with Crippen molar-refractivity contribution < 1.29 is 18.8 Å². The molecule has 1 aromatic carbocycles. The molecule has 1 aliphatic rings. The predicted molar refractivity (Wildman–Crippen MR) is 75.7 cm³/mol. The van der Waals surface area contributed by atoms with Crippen LogP contribution in [0.3, 0.4) is 0 Å². The van der Waals surface area contributed by atoms with Crippen molar-refractivity contribution in [1.82, 2.24) is 10.1 Å². The normalized spacial score (nSPS) is 22.1. The van der Waals surface area contributed by atoms with Crippen molar-refractivity contribution in [2.24, 2.45) is 0 Å². The molecular formula is C14H12BrFN2O3. The first-order valence-corrected chi connectivity index (χ1v) is 7.11. The van der Waals surface area contributed by atoms with Gasteiger partial charge in [0.2, 0.25) is 5.60 Å². The Balaban J connectivity index is 2.01. The molecule has 2 heterocycles. The van der Waals surface area contributed by atoms with E-state index < -0.39 is 17.3 Å². The van der Waals surface area contributed by atoms with Crippen LogP contribution in [0.2, 0.25) is 0 Å². The summed E-state index contributed by atoms with van der Waals surface area (Å²) in [7, 11) is 1.60. The minimum absolute atomic E-state index is 0.0335. The lowest BCUT2D eigenvalue weighted by Gasteiger charge is -2.16. The lowest BCUT2D eigenvalue weighted by Crippen LogP contribution is -2.35. The van der Waals surface area contributed by atoms with E-state index in [1.165, 1.54) is 17.0 Å². The van der Waals surface area contributed by atoms with E-state index in [-0.39, 0.29) is 23.4 Å². The summed E-state index contributed by atoms with van der Waals surface area (Å²) in [5.41, 5.74) is -1.25. The van der Waals surface area contributed by atoms with Gasteiger partial charge in [-0.3, -0.25) is 4.79 Å². The van der Waals surface area contributed by atoms with Crippen molar-refractivity contribution in [3.05, 3.63) is 40.3 Å². The Labute approximate surface area is 128 Å². The van der Waals surface area contributed by atoms with Crippen molar-refractivity contribution in [2.45, 2.75) is 12.0 Å². The number of benzene rings is 1. The molecule has 5 nitrogen and oxygen atoms in total. The van der Waals surface area contributed by atoms with Crippen LogP contribution in [-0.2, 0) is 10.4 Å². The van der Waals surface area contributed by atoms with Gasteiger partial charge in [0.1, 0.15) is 11.5 Å². The summed E-state index contributed by atoms with van der Waals surface area (Å²) in [6.07, 6.45) is 0.220. The van der Waals surface area contributed by atoms with E-state index in [1.807, 2.05) is 0 Å². The monoisotopic (exact) mass is 354 g/mol. The number of amides is 1. The highest BCUT2D eigenvalue weighted by molar-refractivity contribution is 9.10. The standard InChI is InChI=1S/C14H12BrFN2O3/c1-18-5-4-14(20,13(18)19)12-7-11(17-21-12)9-6-8(15)2-3-10(9)16/h2-3,6-7,20H,4-5H2,1H3/t14-/m1/s1. The zero-order valence-corrected chi connectivity index (χ0v) is 12.7. The lowest BCUT2D eigenvalue weighted by molar-refractivity contribution is -0.144. The van der Waals surface area contributed by atoms with Crippen LogP contribution in [0.5, 0.6) is 0 Å². The van der Waals surface area contributed by atoms with Gasteiger partial charge in [-0.25, -0.2) is 4.39 Å². The number of carbonyl (C=O) groups is 1. The molecule has 21 heavy (non-hydrogen) atoms. The number of hydrogen-bond donors (Lipinski definition) is 1. The van der Waals surface area contributed by atoms with Gasteiger partial charge < -0.3 is 14.5 Å². The van der Waals surface area contributed by atoms with Crippen LogP contribution < -0.4 is 0 Å². The third-order valence-electron chi connectivity index (χ3n) is 3.63. The quantitative estimate of drug-likeness (QED) is 0.898. The number of hydrogen-bond acceptors (Lipinski definition) is 4. The fourth-order valence-corrected chi connectivity index (χ4v) is 2.73. The van der Waals surface area contributed by atoms with Gasteiger partial charge in [-0.05, 0) is 18.2 Å². The van der Waals surface area contributed by atoms with Gasteiger partial charge >= 0.3 is 0 Å². The Bertz CT molecular complexity index is 718. The van der Waals surface area contributed by atoms with Crippen molar-refractivity contribution in [3.63, 3.8) is 0 Å². The molecule has 0 radical (unpaired) electrons. The maximum Gasteiger partial charge on any atom is 0.262 e. The molecule has 0 aliphatic carbocycles. The molecule has 3 rings (SSSR count). The third-order valence-corrected chi connectivity index (χ3v) is 4.12. The van der Waals surface area contributed by atoms with Crippen molar-refractivity contribution in [1.29, 1.82) is 0 Å². The Morgan fingerprint density at radius 2 is 2.24 bits per heavy atom. The largest absolute Gasteiger partial charge is 0.373 e. The highest BCUT2D eigenvalue weighted by Crippen LogP contribution is 2.35. The summed E-state index contributed by atoms with van der Waals surface area (Å²) in [6, 6.07) is 5.84. The van der Waals surface area contributed by atoms with E-state index >= 15 is 0 Å². The lowest BCUT2D eigenvalue weighted by atomic mass is 9.98. The Kier molecular flexibility index (Phi) is 3.33. The van der Waals surface area contributed by atoms with Gasteiger partial charge in [0.25, 0.3) is 5.91 Å². The molecule has 0 unspecified atom stereocenters. The number of rotatable bonds is 2. The summed E-state index contributed by atoms with van der Waals surface area (Å²) in [5.74, 6) is -0.869. The van der Waals surface area contributed by atoms with Gasteiger partial charge in [-0.2, -0.15) is 0 Å². The van der Waals surface area contributed by atoms with Gasteiger partial charge in [0.15, 0.2) is 5.76 Å². The van der Waals surface area contributed by atoms with E-state index in [0.717, 1.165) is 0 Å². The number of nitrogens with zero attached hydrogens (tertiary/aromatic N) is 2. The molecule has 2 aromatic rings. The second-order valence-electron chi connectivity index (χ2n) is 5.04. The molecule has 1 aliphatic heterocycles. The van der Waals surface area contributed by atoms with E-state index in [4.69, 9.17) is 4.52 Å². The summed E-state index contributed by atoms with van der Waals surface area (Å²) in [5, 5.41) is 14.2. The van der Waals surface area contributed by atoms with Gasteiger partial charge in [-0.1, -0.05) is 21.1 Å². The second kappa shape index (κ2) is 4.92. The molecule has 1 N–H and O–H groups in total. The van der Waals surface area contributed by atoms with E-state index in [2.05, 4.69) is 21.1 Å². The Morgan fingerprint density at radius 3 is 2.90 bits per heavy atom. The molecule has 0 bridgehead atoms. The summed E-state index contributed by atoms with van der Waals surface area (Å²) < 4.78 is 19.6. The molecule has 1 fully saturated rings. The van der Waals surface area contributed by atoms with Gasteiger partial charge in [-0.15, -0.1) is 0 Å². The van der Waals surface area contributed by atoms with Crippen LogP contribution in [0.4, 0.5) is 4.39 Å². The number of likely N-dealkylation sites (N-methyl/N-ethyl adjacent to an activating group) is 1. The van der Waals surface area contributed by atoms with E-state index in [0.29, 0.717) is 11.0 Å². The number of aliphatic hydroxyl groups is 1. The van der Waals surface area contributed by atoms with Crippen LogP contribution in [0.1, 0.15) is 12.2 Å². The molecule has 1 amide bonds. The fourth-order valence-electron chi connectivity index (χ4n) is 2.37. The van der Waals surface area contributed by atoms with Gasteiger partial charge in [0, 0.05) is 36.1 Å². The molecule has 1 atom stereocenters. The zero-order chi connectivity index (χ0) is 15.2. The first-order valence-electron chi connectivity index (χ1n) is 6.32. The van der Waals surface area contributed by atoms with Crippen LogP contribution in [0, 0.1) is 5.82 Å². The van der Waals surface area contributed by atoms with Crippen molar-refractivity contribution in [2.75, 3.05) is 13.6 Å². The van der Waals surface area contributed by atoms with Crippen molar-refractivity contribution in [3.8, 4) is 11.3 Å². The first kappa shape index (κ1) is 14.2. The summed E-state index contributed by atoms with van der Waals surface area (Å²) in [6.45, 7) is 0.427. The molecule has 1 aromatic heterocycles. The third kappa shape index (κ3) is 2.26. The van der Waals surface area contributed by atoms with Crippen LogP contribution >= 0.6 is 15.9 Å². The number of halogens is 2. The number of aromatic nitrogens is 1. The number of likely N-dealkylation sites (tertiary alicyclic amines) is 1. The number of carbonyl (C=O) groups excluding carboxylic acids is 1. The molecular weight excluding hydrogens is 343 g/mol. The smallest absolute Gasteiger partial charge is 0.262 e. The minimum Gasteiger partial charge on any atom is -0.373 e. The molecule has 110 valence electrons. The highest BCUT2D eigenvalue weighted by atomic mass is 79.9. The Morgan fingerprint density at radius 1 is 1.48 bits per heavy atom. The van der Waals surface area contributed by atoms with Crippen LogP contribution in [0.25, 0.3) is 11.3 Å². The summed E-state index contributed by atoms with van der Waals surface area (Å²) in [4.78, 5) is 13.4. The summed E-state index contributed by atoms with van der Waals surface area (Å²) >= 11 is 3.26. The van der Waals surface area contributed by atoms with Gasteiger partial charge in [0.05, 0.1) is 0 Å². The second-order valence-corrected chi connectivity index (χ2v) is 5.95. The molecule has 1 saturated heterocycles. The molecule has 0 saturated carbocycles. The van der Waals surface area contributed by atoms with E-state index in [1.54, 1.807) is 19.2 Å². The minimum atomic E-state index is -1.72. The Hall–Kier alpha value is -1.73. The maximum absolute atomic E-state index is 13.8. The molecule has 7 heteroatoms. The van der Waals surface area contributed by atoms with Crippen molar-refractivity contribution >= 4 is 21.8 Å². The predicted octanol–water partition coefficient (Wildman–Crippen LogP) is 2.29. The maximum atomic E-state index is 13.8. The average molecular weight is 355 g/mol.